The molecule has 0 saturated carbocycles. The van der Waals surface area contributed by atoms with Crippen molar-refractivity contribution in [3.63, 3.8) is 0 Å². The molecule has 0 radical (unpaired) electrons. The van der Waals surface area contributed by atoms with Crippen molar-refractivity contribution in [1.29, 1.82) is 0 Å². The summed E-state index contributed by atoms with van der Waals surface area (Å²) in [6, 6.07) is 3.32. The molecule has 0 bridgehead atoms. The van der Waals surface area contributed by atoms with Crippen LogP contribution in [-0.4, -0.2) is 44.7 Å². The SMILES string of the molecule is COc1cc(C(=O)N(C)C(C)CN)cc(OC)c1Br.Cl. The van der Waals surface area contributed by atoms with Crippen molar-refractivity contribution in [1.82, 2.24) is 4.90 Å². The van der Waals surface area contributed by atoms with Gasteiger partial charge in [-0.15, -0.1) is 12.4 Å². The summed E-state index contributed by atoms with van der Waals surface area (Å²) in [5.41, 5.74) is 6.07. The van der Waals surface area contributed by atoms with E-state index in [-0.39, 0.29) is 24.4 Å². The van der Waals surface area contributed by atoms with Crippen LogP contribution in [-0.2, 0) is 0 Å². The van der Waals surface area contributed by atoms with E-state index in [1.807, 2.05) is 6.92 Å². The Morgan fingerprint density at radius 2 is 1.80 bits per heavy atom. The van der Waals surface area contributed by atoms with Crippen LogP contribution in [0.1, 0.15) is 17.3 Å². The van der Waals surface area contributed by atoms with Gasteiger partial charge in [0.25, 0.3) is 5.91 Å². The van der Waals surface area contributed by atoms with E-state index in [4.69, 9.17) is 15.2 Å². The fourth-order valence-electron chi connectivity index (χ4n) is 1.55. The molecule has 0 aliphatic rings. The van der Waals surface area contributed by atoms with Gasteiger partial charge in [0, 0.05) is 25.2 Å². The second-order valence-electron chi connectivity index (χ2n) is 4.20. The molecule has 2 N–H and O–H groups in total. The summed E-state index contributed by atoms with van der Waals surface area (Å²) in [4.78, 5) is 13.9. The molecule has 1 aromatic rings. The summed E-state index contributed by atoms with van der Waals surface area (Å²) in [5.74, 6) is 0.982. The molecule has 0 aliphatic heterocycles. The molecule has 1 unspecified atom stereocenters. The van der Waals surface area contributed by atoms with E-state index in [1.54, 1.807) is 38.3 Å². The number of amides is 1. The van der Waals surface area contributed by atoms with E-state index in [2.05, 4.69) is 15.9 Å². The first-order valence-electron chi connectivity index (χ1n) is 5.85. The highest BCUT2D eigenvalue weighted by atomic mass is 79.9. The molecular formula is C13H20BrClN2O3. The monoisotopic (exact) mass is 366 g/mol. The standard InChI is InChI=1S/C13H19BrN2O3.ClH/c1-8(7-15)16(2)13(17)9-5-10(18-3)12(14)11(6-9)19-4;/h5-6,8H,7,15H2,1-4H3;1H. The Morgan fingerprint density at radius 1 is 1.35 bits per heavy atom. The number of hydrogen-bond donors (Lipinski definition) is 1. The highest BCUT2D eigenvalue weighted by Gasteiger charge is 2.20. The number of likely N-dealkylation sites (N-methyl/N-ethyl adjacent to an activating group) is 1. The topological polar surface area (TPSA) is 64.8 Å². The van der Waals surface area contributed by atoms with Crippen molar-refractivity contribution in [2.24, 2.45) is 5.73 Å². The summed E-state index contributed by atoms with van der Waals surface area (Å²) in [5, 5.41) is 0. The summed E-state index contributed by atoms with van der Waals surface area (Å²) < 4.78 is 11.1. The van der Waals surface area contributed by atoms with E-state index in [0.717, 1.165) is 0 Å². The number of rotatable bonds is 5. The molecular weight excluding hydrogens is 348 g/mol. The third-order valence-corrected chi connectivity index (χ3v) is 3.80. The maximum Gasteiger partial charge on any atom is 0.254 e. The lowest BCUT2D eigenvalue weighted by Gasteiger charge is -2.24. The van der Waals surface area contributed by atoms with E-state index < -0.39 is 0 Å². The first kappa shape index (κ1) is 19.0. The summed E-state index contributed by atoms with van der Waals surface area (Å²) in [6.07, 6.45) is 0. The minimum absolute atomic E-state index is 0. The highest BCUT2D eigenvalue weighted by molar-refractivity contribution is 9.10. The van der Waals surface area contributed by atoms with E-state index in [0.29, 0.717) is 28.1 Å². The van der Waals surface area contributed by atoms with Crippen molar-refractivity contribution >= 4 is 34.2 Å². The molecule has 0 saturated heterocycles. The van der Waals surface area contributed by atoms with E-state index >= 15 is 0 Å². The van der Waals surface area contributed by atoms with Crippen LogP contribution in [0.5, 0.6) is 11.5 Å². The number of methoxy groups -OCH3 is 2. The predicted octanol–water partition coefficient (Wildman–Crippen LogP) is 2.31. The van der Waals surface area contributed by atoms with Crippen LogP contribution in [0.25, 0.3) is 0 Å². The molecule has 1 atom stereocenters. The van der Waals surface area contributed by atoms with Gasteiger partial charge in [-0.25, -0.2) is 0 Å². The van der Waals surface area contributed by atoms with Gasteiger partial charge < -0.3 is 20.1 Å². The van der Waals surface area contributed by atoms with Gasteiger partial charge in [-0.2, -0.15) is 0 Å². The van der Waals surface area contributed by atoms with Gasteiger partial charge in [0.2, 0.25) is 0 Å². The zero-order chi connectivity index (χ0) is 14.6. The molecule has 0 aliphatic carbocycles. The molecule has 0 fully saturated rings. The van der Waals surface area contributed by atoms with Crippen molar-refractivity contribution in [3.8, 4) is 11.5 Å². The van der Waals surface area contributed by atoms with Gasteiger partial charge in [-0.1, -0.05) is 0 Å². The number of ether oxygens (including phenoxy) is 2. The second kappa shape index (κ2) is 8.34. The Kier molecular flexibility index (Phi) is 7.93. The van der Waals surface area contributed by atoms with E-state index in [9.17, 15) is 4.79 Å². The summed E-state index contributed by atoms with van der Waals surface area (Å²) in [6.45, 7) is 2.30. The third-order valence-electron chi connectivity index (χ3n) is 3.02. The van der Waals surface area contributed by atoms with Crippen LogP contribution < -0.4 is 15.2 Å². The van der Waals surface area contributed by atoms with Crippen molar-refractivity contribution in [2.75, 3.05) is 27.8 Å². The highest BCUT2D eigenvalue weighted by Crippen LogP contribution is 2.35. The average molecular weight is 368 g/mol. The van der Waals surface area contributed by atoms with Crippen molar-refractivity contribution < 1.29 is 14.3 Å². The van der Waals surface area contributed by atoms with Crippen molar-refractivity contribution in [3.05, 3.63) is 22.2 Å². The maximum atomic E-state index is 12.3. The fourth-order valence-corrected chi connectivity index (χ4v) is 2.11. The molecule has 1 aromatic carbocycles. The zero-order valence-corrected chi connectivity index (χ0v) is 14.4. The van der Waals surface area contributed by atoms with Crippen LogP contribution in [0.4, 0.5) is 0 Å². The lowest BCUT2D eigenvalue weighted by Crippen LogP contribution is -2.39. The van der Waals surface area contributed by atoms with Crippen LogP contribution in [0, 0.1) is 0 Å². The first-order valence-corrected chi connectivity index (χ1v) is 6.64. The summed E-state index contributed by atoms with van der Waals surface area (Å²) >= 11 is 3.37. The molecule has 7 heteroatoms. The Hall–Kier alpha value is -0.980. The molecule has 114 valence electrons. The van der Waals surface area contributed by atoms with Gasteiger partial charge in [-0.3, -0.25) is 4.79 Å². The molecule has 1 amide bonds. The normalized spacial score (nSPS) is 11.3. The molecule has 0 aromatic heterocycles. The number of carbonyl (C=O) groups excluding carboxylic acids is 1. The molecule has 20 heavy (non-hydrogen) atoms. The first-order chi connectivity index (χ1) is 8.96. The smallest absolute Gasteiger partial charge is 0.254 e. The van der Waals surface area contributed by atoms with Crippen LogP contribution in [0.2, 0.25) is 0 Å². The van der Waals surface area contributed by atoms with E-state index in [1.165, 1.54) is 0 Å². The Bertz CT molecular complexity index is 446. The quantitative estimate of drug-likeness (QED) is 0.867. The fraction of sp³-hybridized carbons (Fsp3) is 0.462. The lowest BCUT2D eigenvalue weighted by molar-refractivity contribution is 0.0747. The van der Waals surface area contributed by atoms with Crippen molar-refractivity contribution in [2.45, 2.75) is 13.0 Å². The van der Waals surface area contributed by atoms with Crippen LogP contribution >= 0.6 is 28.3 Å². The molecule has 0 heterocycles. The number of carbonyl (C=O) groups is 1. The summed E-state index contributed by atoms with van der Waals surface area (Å²) in [7, 11) is 4.81. The van der Waals surface area contributed by atoms with Gasteiger partial charge in [0.15, 0.2) is 0 Å². The Balaban J connectivity index is 0.00000361. The third kappa shape index (κ3) is 4.01. The number of hydrogen-bond acceptors (Lipinski definition) is 4. The predicted molar refractivity (Wildman–Crippen MR) is 85.1 cm³/mol. The Morgan fingerprint density at radius 3 is 2.15 bits per heavy atom. The largest absolute Gasteiger partial charge is 0.495 e. The molecule has 5 nitrogen and oxygen atoms in total. The number of nitrogens with two attached hydrogens (primary N) is 1. The average Bonchev–Trinajstić information content (AvgIpc) is 2.44. The minimum atomic E-state index is -0.123. The zero-order valence-electron chi connectivity index (χ0n) is 12.0. The number of nitrogens with zero attached hydrogens (tertiary/aromatic N) is 1. The van der Waals surface area contributed by atoms with Crippen LogP contribution in [0.15, 0.2) is 16.6 Å². The van der Waals surface area contributed by atoms with Gasteiger partial charge in [-0.05, 0) is 35.0 Å². The van der Waals surface area contributed by atoms with Gasteiger partial charge in [0.05, 0.1) is 14.2 Å². The second-order valence-corrected chi connectivity index (χ2v) is 4.99. The molecule has 0 spiro atoms. The number of benzene rings is 1. The van der Waals surface area contributed by atoms with Crippen LogP contribution in [0.3, 0.4) is 0 Å². The number of halogens is 2. The van der Waals surface area contributed by atoms with Gasteiger partial charge in [0.1, 0.15) is 16.0 Å². The van der Waals surface area contributed by atoms with Gasteiger partial charge >= 0.3 is 0 Å². The molecule has 1 rings (SSSR count). The minimum Gasteiger partial charge on any atom is -0.495 e. The lowest BCUT2D eigenvalue weighted by atomic mass is 10.1. The Labute approximate surface area is 133 Å². The maximum absolute atomic E-state index is 12.3.